The summed E-state index contributed by atoms with van der Waals surface area (Å²) in [5, 5.41) is 3.21. The number of rotatable bonds is 3. The zero-order chi connectivity index (χ0) is 18.6. The van der Waals surface area contributed by atoms with Crippen LogP contribution in [0.3, 0.4) is 0 Å². The zero-order valence-corrected chi connectivity index (χ0v) is 16.6. The van der Waals surface area contributed by atoms with Crippen LogP contribution in [0.2, 0.25) is 0 Å². The first-order valence-electron chi connectivity index (χ1n) is 10.5. The molecule has 4 rings (SSSR count). The topological polar surface area (TPSA) is 42.1 Å². The maximum atomic E-state index is 13.0. The third-order valence-electron chi connectivity index (χ3n) is 6.33. The van der Waals surface area contributed by atoms with Gasteiger partial charge in [-0.3, -0.25) is 4.90 Å². The Morgan fingerprint density at radius 1 is 0.963 bits per heavy atom. The van der Waals surface area contributed by atoms with Crippen LogP contribution in [-0.2, 0) is 0 Å². The Morgan fingerprint density at radius 3 is 2.48 bits per heavy atom. The lowest BCUT2D eigenvalue weighted by Crippen LogP contribution is -2.50. The van der Waals surface area contributed by atoms with E-state index in [4.69, 9.17) is 0 Å². The molecule has 0 spiro atoms. The predicted octanol–water partition coefficient (Wildman–Crippen LogP) is 2.53. The molecule has 0 aliphatic carbocycles. The number of piperidine rings is 1. The molecule has 1 unspecified atom stereocenters. The van der Waals surface area contributed by atoms with Crippen LogP contribution in [0.15, 0.2) is 24.3 Å². The summed E-state index contributed by atoms with van der Waals surface area (Å²) < 4.78 is 0. The van der Waals surface area contributed by atoms with E-state index in [0.29, 0.717) is 6.04 Å². The highest BCUT2D eigenvalue weighted by Crippen LogP contribution is 2.27. The lowest BCUT2D eigenvalue weighted by molar-refractivity contribution is 0.132. The number of nitrogens with one attached hydrogen (secondary N) is 1. The fourth-order valence-corrected chi connectivity index (χ4v) is 4.64. The number of anilines is 2. The average molecular weight is 372 g/mol. The van der Waals surface area contributed by atoms with Gasteiger partial charge in [-0.25, -0.2) is 4.79 Å². The third kappa shape index (κ3) is 4.38. The summed E-state index contributed by atoms with van der Waals surface area (Å²) in [6.45, 7) is 8.26. The second-order valence-corrected chi connectivity index (χ2v) is 8.22. The molecule has 27 heavy (non-hydrogen) atoms. The highest BCUT2D eigenvalue weighted by atomic mass is 16.2. The minimum atomic E-state index is 0.0560. The summed E-state index contributed by atoms with van der Waals surface area (Å²) >= 11 is 0. The molecule has 0 bridgehead atoms. The average Bonchev–Trinajstić information content (AvgIpc) is 3.24. The van der Waals surface area contributed by atoms with Gasteiger partial charge >= 0.3 is 6.03 Å². The van der Waals surface area contributed by atoms with Crippen molar-refractivity contribution < 1.29 is 4.79 Å². The lowest BCUT2D eigenvalue weighted by atomic mass is 10.0. The van der Waals surface area contributed by atoms with Gasteiger partial charge in [0.25, 0.3) is 0 Å². The molecule has 0 saturated carbocycles. The molecule has 3 fully saturated rings. The summed E-state index contributed by atoms with van der Waals surface area (Å²) in [5.41, 5.74) is 2.09. The van der Waals surface area contributed by atoms with Crippen LogP contribution in [0.5, 0.6) is 0 Å². The minimum Gasteiger partial charge on any atom is -0.367 e. The fraction of sp³-hybridized carbons (Fsp3) is 0.667. The molecule has 2 amide bonds. The van der Waals surface area contributed by atoms with E-state index in [1.807, 2.05) is 17.0 Å². The maximum absolute atomic E-state index is 13.0. The van der Waals surface area contributed by atoms with E-state index in [1.165, 1.54) is 32.4 Å². The predicted molar refractivity (Wildman–Crippen MR) is 111 cm³/mol. The van der Waals surface area contributed by atoms with Crippen LogP contribution in [0.4, 0.5) is 16.2 Å². The van der Waals surface area contributed by atoms with Crippen molar-refractivity contribution in [1.29, 1.82) is 0 Å². The van der Waals surface area contributed by atoms with Gasteiger partial charge in [-0.1, -0.05) is 12.1 Å². The van der Waals surface area contributed by atoms with Crippen molar-refractivity contribution in [3.8, 4) is 0 Å². The van der Waals surface area contributed by atoms with Gasteiger partial charge in [0.2, 0.25) is 0 Å². The van der Waals surface area contributed by atoms with E-state index in [0.717, 1.165) is 57.1 Å². The van der Waals surface area contributed by atoms with Crippen molar-refractivity contribution in [3.63, 3.8) is 0 Å². The Labute approximate surface area is 163 Å². The number of likely N-dealkylation sites (tertiary alicyclic amines) is 2. The molecule has 148 valence electrons. The molecule has 3 aliphatic heterocycles. The number of para-hydroxylation sites is 2. The highest BCUT2D eigenvalue weighted by Gasteiger charge is 2.29. The lowest BCUT2D eigenvalue weighted by Gasteiger charge is -2.38. The fourth-order valence-electron chi connectivity index (χ4n) is 4.64. The maximum Gasteiger partial charge on any atom is 0.321 e. The second kappa shape index (κ2) is 8.48. The van der Waals surface area contributed by atoms with Crippen molar-refractivity contribution in [3.05, 3.63) is 24.3 Å². The molecule has 1 N–H and O–H groups in total. The Hall–Kier alpha value is -1.79. The van der Waals surface area contributed by atoms with Gasteiger partial charge in [0.15, 0.2) is 0 Å². The van der Waals surface area contributed by atoms with E-state index in [-0.39, 0.29) is 6.03 Å². The monoisotopic (exact) mass is 371 g/mol. The molecular formula is C21H33N5O. The van der Waals surface area contributed by atoms with Crippen molar-refractivity contribution >= 4 is 17.4 Å². The third-order valence-corrected chi connectivity index (χ3v) is 6.33. The van der Waals surface area contributed by atoms with Crippen molar-refractivity contribution in [2.24, 2.45) is 0 Å². The number of carbonyl (C=O) groups is 1. The van der Waals surface area contributed by atoms with Crippen LogP contribution >= 0.6 is 0 Å². The molecule has 6 heteroatoms. The van der Waals surface area contributed by atoms with E-state index >= 15 is 0 Å². The molecule has 3 aliphatic rings. The van der Waals surface area contributed by atoms with Gasteiger partial charge in [-0.05, 0) is 58.0 Å². The van der Waals surface area contributed by atoms with Crippen molar-refractivity contribution in [2.45, 2.75) is 31.7 Å². The summed E-state index contributed by atoms with van der Waals surface area (Å²) in [5.74, 6) is 0. The molecule has 3 saturated heterocycles. The second-order valence-electron chi connectivity index (χ2n) is 8.22. The number of hydrogen-bond donors (Lipinski definition) is 1. The molecule has 6 nitrogen and oxygen atoms in total. The SMILES string of the molecule is CN1CCN(c2ccccc2NC(=O)N2CCCC(N3CCCC3)C2)CC1. The number of benzene rings is 1. The van der Waals surface area contributed by atoms with Gasteiger partial charge in [0.05, 0.1) is 11.4 Å². The molecule has 0 aromatic heterocycles. The quantitative estimate of drug-likeness (QED) is 0.887. The smallest absolute Gasteiger partial charge is 0.321 e. The summed E-state index contributed by atoms with van der Waals surface area (Å²) in [7, 11) is 2.16. The Balaban J connectivity index is 1.40. The summed E-state index contributed by atoms with van der Waals surface area (Å²) in [6, 6.07) is 8.84. The normalized spacial score (nSPS) is 25.0. The van der Waals surface area contributed by atoms with Crippen molar-refractivity contribution in [1.82, 2.24) is 14.7 Å². The van der Waals surface area contributed by atoms with Crippen LogP contribution in [0, 0.1) is 0 Å². The van der Waals surface area contributed by atoms with Crippen LogP contribution in [-0.4, -0.2) is 86.2 Å². The van der Waals surface area contributed by atoms with E-state index < -0.39 is 0 Å². The largest absolute Gasteiger partial charge is 0.367 e. The van der Waals surface area contributed by atoms with Gasteiger partial charge in [0.1, 0.15) is 0 Å². The summed E-state index contributed by atoms with van der Waals surface area (Å²) in [4.78, 5) is 22.3. The molecule has 3 heterocycles. The molecule has 0 radical (unpaired) electrons. The molecule has 1 aromatic carbocycles. The molecule has 1 aromatic rings. The number of urea groups is 1. The standard InChI is InChI=1S/C21H33N5O/c1-23-13-15-25(16-14-23)20-9-3-2-8-19(20)22-21(27)26-12-6-7-18(17-26)24-10-4-5-11-24/h2-3,8-9,18H,4-7,10-17H2,1H3,(H,22,27). The van der Waals surface area contributed by atoms with E-state index in [2.05, 4.69) is 39.2 Å². The highest BCUT2D eigenvalue weighted by molar-refractivity contribution is 5.93. The Bertz CT molecular complexity index is 637. The van der Waals surface area contributed by atoms with Gasteiger partial charge in [-0.15, -0.1) is 0 Å². The zero-order valence-electron chi connectivity index (χ0n) is 16.6. The van der Waals surface area contributed by atoms with Crippen LogP contribution in [0.25, 0.3) is 0 Å². The minimum absolute atomic E-state index is 0.0560. The van der Waals surface area contributed by atoms with Crippen LogP contribution in [0.1, 0.15) is 25.7 Å². The molecule has 1 atom stereocenters. The van der Waals surface area contributed by atoms with Gasteiger partial charge in [0, 0.05) is 45.3 Å². The van der Waals surface area contributed by atoms with Crippen LogP contribution < -0.4 is 10.2 Å². The number of hydrogen-bond acceptors (Lipinski definition) is 4. The Kier molecular flexibility index (Phi) is 5.83. The van der Waals surface area contributed by atoms with E-state index in [1.54, 1.807) is 0 Å². The first-order chi connectivity index (χ1) is 13.2. The van der Waals surface area contributed by atoms with Gasteiger partial charge in [-0.2, -0.15) is 0 Å². The van der Waals surface area contributed by atoms with Crippen molar-refractivity contribution in [2.75, 3.05) is 69.6 Å². The Morgan fingerprint density at radius 2 is 1.70 bits per heavy atom. The van der Waals surface area contributed by atoms with Gasteiger partial charge < -0.3 is 20.0 Å². The molecular weight excluding hydrogens is 338 g/mol. The number of amides is 2. The first kappa shape index (κ1) is 18.6. The first-order valence-corrected chi connectivity index (χ1v) is 10.5. The summed E-state index contributed by atoms with van der Waals surface area (Å²) in [6.07, 6.45) is 4.94. The number of piperazine rings is 1. The number of nitrogens with zero attached hydrogens (tertiary/aromatic N) is 4. The van der Waals surface area contributed by atoms with E-state index in [9.17, 15) is 4.79 Å². The number of carbonyl (C=O) groups excluding carboxylic acids is 1. The number of likely N-dealkylation sites (N-methyl/N-ethyl adjacent to an activating group) is 1.